The van der Waals surface area contributed by atoms with E-state index in [0.29, 0.717) is 5.69 Å². The van der Waals surface area contributed by atoms with Crippen LogP contribution in [0.2, 0.25) is 5.15 Å². The Morgan fingerprint density at radius 2 is 2.00 bits per heavy atom. The lowest BCUT2D eigenvalue weighted by atomic mass is 10.3. The maximum absolute atomic E-state index is 13.2. The van der Waals surface area contributed by atoms with E-state index >= 15 is 0 Å². The molecule has 5 nitrogen and oxygen atoms in total. The van der Waals surface area contributed by atoms with Crippen molar-refractivity contribution in [2.75, 3.05) is 10.5 Å². The Morgan fingerprint density at radius 3 is 2.60 bits per heavy atom. The normalized spacial score (nSPS) is 11.3. The van der Waals surface area contributed by atoms with Crippen LogP contribution in [0.5, 0.6) is 0 Å². The summed E-state index contributed by atoms with van der Waals surface area (Å²) in [6, 6.07) is 6.02. The van der Waals surface area contributed by atoms with Crippen LogP contribution in [0, 0.1) is 12.7 Å². The molecule has 0 aliphatic heterocycles. The second-order valence-corrected chi connectivity index (χ2v) is 6.16. The number of aromatic nitrogens is 1. The lowest BCUT2D eigenvalue weighted by Crippen LogP contribution is -2.14. The highest BCUT2D eigenvalue weighted by Gasteiger charge is 2.17. The number of pyridine rings is 1. The van der Waals surface area contributed by atoms with Gasteiger partial charge < -0.3 is 5.73 Å². The molecule has 0 radical (unpaired) electrons. The maximum atomic E-state index is 13.2. The van der Waals surface area contributed by atoms with Gasteiger partial charge in [0.1, 0.15) is 11.0 Å². The van der Waals surface area contributed by atoms with Crippen LogP contribution in [0.1, 0.15) is 5.69 Å². The van der Waals surface area contributed by atoms with E-state index in [9.17, 15) is 12.8 Å². The number of hydrogen-bond donors (Lipinski definition) is 2. The van der Waals surface area contributed by atoms with Crippen LogP contribution in [0.3, 0.4) is 0 Å². The molecule has 1 aromatic carbocycles. The number of halogens is 2. The number of nitrogens with two attached hydrogens (primary N) is 1. The summed E-state index contributed by atoms with van der Waals surface area (Å²) in [5, 5.41) is 0.250. The molecular weight excluding hydrogens is 305 g/mol. The highest BCUT2D eigenvalue weighted by molar-refractivity contribution is 7.92. The van der Waals surface area contributed by atoms with E-state index in [1.807, 2.05) is 0 Å². The van der Waals surface area contributed by atoms with Gasteiger partial charge in [-0.15, -0.1) is 0 Å². The molecule has 0 saturated carbocycles. The molecule has 20 heavy (non-hydrogen) atoms. The minimum atomic E-state index is -3.95. The first kappa shape index (κ1) is 14.5. The molecule has 8 heteroatoms. The van der Waals surface area contributed by atoms with Crippen LogP contribution in [0.15, 0.2) is 35.2 Å². The van der Waals surface area contributed by atoms with Gasteiger partial charge in [0.25, 0.3) is 10.0 Å². The number of rotatable bonds is 3. The van der Waals surface area contributed by atoms with E-state index in [0.717, 1.165) is 12.1 Å². The molecular formula is C12H11ClFN3O2S. The van der Waals surface area contributed by atoms with Gasteiger partial charge in [-0.2, -0.15) is 0 Å². The summed E-state index contributed by atoms with van der Waals surface area (Å²) >= 11 is 5.69. The van der Waals surface area contributed by atoms with Crippen molar-refractivity contribution in [1.82, 2.24) is 4.98 Å². The Hall–Kier alpha value is -1.86. The van der Waals surface area contributed by atoms with E-state index in [4.69, 9.17) is 17.3 Å². The molecule has 0 amide bonds. The zero-order valence-electron chi connectivity index (χ0n) is 10.4. The van der Waals surface area contributed by atoms with Gasteiger partial charge in [0.2, 0.25) is 0 Å². The third kappa shape index (κ3) is 3.17. The molecule has 0 saturated heterocycles. The van der Waals surface area contributed by atoms with E-state index in [1.165, 1.54) is 18.2 Å². The first-order valence-electron chi connectivity index (χ1n) is 5.50. The summed E-state index contributed by atoms with van der Waals surface area (Å²) in [6.45, 7) is 1.60. The van der Waals surface area contributed by atoms with Crippen LogP contribution in [-0.4, -0.2) is 13.4 Å². The smallest absolute Gasteiger partial charge is 0.262 e. The molecule has 0 aliphatic carbocycles. The van der Waals surface area contributed by atoms with Gasteiger partial charge in [-0.25, -0.2) is 17.8 Å². The summed E-state index contributed by atoms with van der Waals surface area (Å²) in [6.07, 6.45) is 0. The monoisotopic (exact) mass is 315 g/mol. The molecule has 1 heterocycles. The van der Waals surface area contributed by atoms with Crippen molar-refractivity contribution >= 4 is 33.0 Å². The molecule has 0 unspecified atom stereocenters. The Kier molecular flexibility index (Phi) is 3.82. The van der Waals surface area contributed by atoms with Crippen molar-refractivity contribution in [1.29, 1.82) is 0 Å². The zero-order chi connectivity index (χ0) is 14.9. The molecule has 1 aromatic heterocycles. The summed E-state index contributed by atoms with van der Waals surface area (Å²) in [7, 11) is -3.95. The molecule has 2 aromatic rings. The van der Waals surface area contributed by atoms with E-state index in [2.05, 4.69) is 9.71 Å². The second kappa shape index (κ2) is 5.26. The van der Waals surface area contributed by atoms with Gasteiger partial charge in [0.15, 0.2) is 0 Å². The van der Waals surface area contributed by atoms with Crippen molar-refractivity contribution in [3.63, 3.8) is 0 Å². The molecule has 0 atom stereocenters. The topological polar surface area (TPSA) is 85.1 Å². The van der Waals surface area contributed by atoms with E-state index in [1.54, 1.807) is 6.92 Å². The molecule has 3 N–H and O–H groups in total. The fourth-order valence-electron chi connectivity index (χ4n) is 1.58. The number of nitrogens with one attached hydrogen (secondary N) is 1. The van der Waals surface area contributed by atoms with E-state index in [-0.39, 0.29) is 21.4 Å². The maximum Gasteiger partial charge on any atom is 0.262 e. The van der Waals surface area contributed by atoms with Crippen LogP contribution >= 0.6 is 11.6 Å². The first-order valence-corrected chi connectivity index (χ1v) is 7.36. The third-order valence-electron chi connectivity index (χ3n) is 2.50. The third-order valence-corrected chi connectivity index (χ3v) is 4.06. The highest BCUT2D eigenvalue weighted by Crippen LogP contribution is 2.22. The SMILES string of the molecule is Cc1nc(Cl)ccc1NS(=O)(=O)c1cc(N)cc(F)c1. The standard InChI is InChI=1S/C12H11ClFN3O2S/c1-7-11(2-3-12(13)16-7)17-20(18,19)10-5-8(14)4-9(15)6-10/h2-6,17H,15H2,1H3. The number of sulfonamides is 1. The molecule has 0 spiro atoms. The van der Waals surface area contributed by atoms with Crippen LogP contribution in [0.25, 0.3) is 0 Å². The van der Waals surface area contributed by atoms with Crippen LogP contribution in [0.4, 0.5) is 15.8 Å². The number of anilines is 2. The van der Waals surface area contributed by atoms with Crippen molar-refractivity contribution < 1.29 is 12.8 Å². The molecule has 0 aliphatic rings. The Labute approximate surface area is 120 Å². The average Bonchev–Trinajstić information content (AvgIpc) is 2.31. The summed E-state index contributed by atoms with van der Waals surface area (Å²) in [4.78, 5) is 3.67. The number of nitrogen functional groups attached to an aromatic ring is 1. The molecule has 106 valence electrons. The largest absolute Gasteiger partial charge is 0.399 e. The van der Waals surface area contributed by atoms with Crippen molar-refractivity contribution in [2.45, 2.75) is 11.8 Å². The minimum absolute atomic E-state index is 0.0244. The Balaban J connectivity index is 2.40. The number of aryl methyl sites for hydroxylation is 1. The summed E-state index contributed by atoms with van der Waals surface area (Å²) < 4.78 is 39.8. The van der Waals surface area contributed by atoms with Gasteiger partial charge in [-0.3, -0.25) is 4.72 Å². The average molecular weight is 316 g/mol. The fraction of sp³-hybridized carbons (Fsp3) is 0.0833. The Bertz CT molecular complexity index is 745. The number of benzene rings is 1. The fourth-order valence-corrected chi connectivity index (χ4v) is 2.95. The minimum Gasteiger partial charge on any atom is -0.399 e. The second-order valence-electron chi connectivity index (χ2n) is 4.09. The number of nitrogens with zero attached hydrogens (tertiary/aromatic N) is 1. The summed E-state index contributed by atoms with van der Waals surface area (Å²) in [5.74, 6) is -0.726. The van der Waals surface area contributed by atoms with Crippen molar-refractivity contribution in [3.8, 4) is 0 Å². The van der Waals surface area contributed by atoms with Gasteiger partial charge in [-0.05, 0) is 37.3 Å². The summed E-state index contributed by atoms with van der Waals surface area (Å²) in [5.41, 5.74) is 6.13. The van der Waals surface area contributed by atoms with Crippen molar-refractivity contribution in [2.24, 2.45) is 0 Å². The molecule has 0 bridgehead atoms. The Morgan fingerprint density at radius 1 is 1.30 bits per heavy atom. The van der Waals surface area contributed by atoms with Gasteiger partial charge >= 0.3 is 0 Å². The quantitative estimate of drug-likeness (QED) is 0.673. The number of hydrogen-bond acceptors (Lipinski definition) is 4. The lowest BCUT2D eigenvalue weighted by Gasteiger charge is -2.10. The first-order chi connectivity index (χ1) is 9.28. The van der Waals surface area contributed by atoms with Crippen LogP contribution < -0.4 is 10.5 Å². The van der Waals surface area contributed by atoms with E-state index < -0.39 is 15.8 Å². The van der Waals surface area contributed by atoms with Gasteiger partial charge in [-0.1, -0.05) is 11.6 Å². The lowest BCUT2D eigenvalue weighted by molar-refractivity contribution is 0.595. The predicted molar refractivity (Wildman–Crippen MR) is 75.6 cm³/mol. The van der Waals surface area contributed by atoms with Gasteiger partial charge in [0, 0.05) is 5.69 Å². The highest BCUT2D eigenvalue weighted by atomic mass is 35.5. The zero-order valence-corrected chi connectivity index (χ0v) is 12.0. The molecule has 0 fully saturated rings. The predicted octanol–water partition coefficient (Wildman–Crippen LogP) is 2.57. The molecule has 2 rings (SSSR count). The van der Waals surface area contributed by atoms with Crippen LogP contribution in [-0.2, 0) is 10.0 Å². The van der Waals surface area contributed by atoms with Gasteiger partial charge in [0.05, 0.1) is 16.3 Å². The van der Waals surface area contributed by atoms with Crippen molar-refractivity contribution in [3.05, 3.63) is 47.0 Å².